The van der Waals surface area contributed by atoms with E-state index in [1.807, 2.05) is 6.07 Å². The molecule has 1 aliphatic rings. The highest BCUT2D eigenvalue weighted by molar-refractivity contribution is 9.11. The lowest BCUT2D eigenvalue weighted by molar-refractivity contribution is -0.143. The van der Waals surface area contributed by atoms with Crippen LogP contribution in [0.15, 0.2) is 27.1 Å². The summed E-state index contributed by atoms with van der Waals surface area (Å²) in [4.78, 5) is 13.2. The number of piperidine rings is 1. The smallest absolute Gasteiger partial charge is 0.307 e. The minimum Gasteiger partial charge on any atom is -0.481 e. The third-order valence-electron chi connectivity index (χ3n) is 3.18. The van der Waals surface area contributed by atoms with Gasteiger partial charge in [-0.2, -0.15) is 0 Å². The van der Waals surface area contributed by atoms with Crippen LogP contribution >= 0.6 is 31.9 Å². The van der Waals surface area contributed by atoms with Gasteiger partial charge in [0.05, 0.1) is 5.92 Å². The number of likely N-dealkylation sites (tertiary alicyclic amines) is 1. The van der Waals surface area contributed by atoms with Crippen molar-refractivity contribution in [3.8, 4) is 0 Å². The molecule has 0 bridgehead atoms. The second-order valence-corrected chi connectivity index (χ2v) is 6.52. The van der Waals surface area contributed by atoms with Gasteiger partial charge in [-0.05, 0) is 43.1 Å². The minimum absolute atomic E-state index is 0.214. The molecule has 3 nitrogen and oxygen atoms in total. The Bertz CT molecular complexity index is 430. The topological polar surface area (TPSA) is 40.5 Å². The normalized spacial score (nSPS) is 20.9. The van der Waals surface area contributed by atoms with Crippen LogP contribution in [0, 0.1) is 5.92 Å². The second-order valence-electron chi connectivity index (χ2n) is 4.69. The third kappa shape index (κ3) is 3.80. The van der Waals surface area contributed by atoms with Crippen molar-refractivity contribution in [2.45, 2.75) is 19.4 Å². The van der Waals surface area contributed by atoms with E-state index in [2.05, 4.69) is 48.9 Å². The molecule has 1 N–H and O–H groups in total. The summed E-state index contributed by atoms with van der Waals surface area (Å²) in [5, 5.41) is 9.07. The Hall–Kier alpha value is -0.390. The first-order chi connectivity index (χ1) is 8.54. The van der Waals surface area contributed by atoms with Crippen molar-refractivity contribution in [1.82, 2.24) is 4.90 Å². The summed E-state index contributed by atoms with van der Waals surface area (Å²) < 4.78 is 2.08. The molecule has 1 saturated heterocycles. The fourth-order valence-corrected chi connectivity index (χ4v) is 3.75. The van der Waals surface area contributed by atoms with Crippen LogP contribution in [0.25, 0.3) is 0 Å². The van der Waals surface area contributed by atoms with E-state index < -0.39 is 5.97 Å². The molecule has 5 heteroatoms. The maximum absolute atomic E-state index is 11.0. The average Bonchev–Trinajstić information content (AvgIpc) is 2.27. The summed E-state index contributed by atoms with van der Waals surface area (Å²) in [6.45, 7) is 2.44. The zero-order chi connectivity index (χ0) is 13.1. The number of halogens is 2. The van der Waals surface area contributed by atoms with Crippen LogP contribution in [-0.2, 0) is 11.3 Å². The van der Waals surface area contributed by atoms with Gasteiger partial charge in [0.25, 0.3) is 0 Å². The summed E-state index contributed by atoms with van der Waals surface area (Å²) in [6.07, 6.45) is 1.76. The van der Waals surface area contributed by atoms with Crippen molar-refractivity contribution in [3.63, 3.8) is 0 Å². The highest BCUT2D eigenvalue weighted by Crippen LogP contribution is 2.23. The molecule has 1 aliphatic heterocycles. The van der Waals surface area contributed by atoms with Gasteiger partial charge < -0.3 is 5.11 Å². The van der Waals surface area contributed by atoms with Gasteiger partial charge in [-0.3, -0.25) is 9.69 Å². The molecule has 0 spiro atoms. The Morgan fingerprint density at radius 3 is 2.61 bits per heavy atom. The van der Waals surface area contributed by atoms with Crippen LogP contribution in [0.5, 0.6) is 0 Å². The van der Waals surface area contributed by atoms with E-state index in [-0.39, 0.29) is 5.92 Å². The van der Waals surface area contributed by atoms with Gasteiger partial charge in [0.1, 0.15) is 0 Å². The largest absolute Gasteiger partial charge is 0.481 e. The fourth-order valence-electron chi connectivity index (χ4n) is 2.36. The van der Waals surface area contributed by atoms with Crippen molar-refractivity contribution < 1.29 is 9.90 Å². The zero-order valence-corrected chi connectivity index (χ0v) is 13.1. The van der Waals surface area contributed by atoms with Gasteiger partial charge in [0.2, 0.25) is 0 Å². The first-order valence-electron chi connectivity index (χ1n) is 5.95. The summed E-state index contributed by atoms with van der Waals surface area (Å²) in [6, 6.07) is 6.16. The van der Waals surface area contributed by atoms with Gasteiger partial charge in [-0.1, -0.05) is 31.9 Å². The number of nitrogens with zero attached hydrogens (tertiary/aromatic N) is 1. The molecule has 18 heavy (non-hydrogen) atoms. The predicted molar refractivity (Wildman–Crippen MR) is 77.5 cm³/mol. The van der Waals surface area contributed by atoms with Crippen LogP contribution < -0.4 is 0 Å². The molecular weight excluding hydrogens is 362 g/mol. The molecule has 2 rings (SSSR count). The van der Waals surface area contributed by atoms with E-state index in [1.165, 1.54) is 5.56 Å². The van der Waals surface area contributed by atoms with Gasteiger partial charge in [-0.15, -0.1) is 0 Å². The number of hydrogen-bond acceptors (Lipinski definition) is 2. The van der Waals surface area contributed by atoms with Gasteiger partial charge in [0, 0.05) is 22.0 Å². The molecule has 0 aromatic heterocycles. The number of carboxylic acids is 1. The summed E-state index contributed by atoms with van der Waals surface area (Å²) in [7, 11) is 0. The maximum atomic E-state index is 11.0. The Labute approximate surface area is 123 Å². The fraction of sp³-hybridized carbons (Fsp3) is 0.462. The van der Waals surface area contributed by atoms with E-state index in [4.69, 9.17) is 5.11 Å². The highest BCUT2D eigenvalue weighted by Gasteiger charge is 2.25. The molecule has 98 valence electrons. The standard InChI is InChI=1S/C13H15Br2NO2/c14-11-4-9(5-12(15)6-11)7-16-3-1-2-10(8-16)13(17)18/h4-6,10H,1-3,7-8H2,(H,17,18). The number of rotatable bonds is 3. The van der Waals surface area contributed by atoms with E-state index in [0.29, 0.717) is 6.54 Å². The molecule has 1 aromatic rings. The molecule has 0 saturated carbocycles. The number of hydrogen-bond donors (Lipinski definition) is 1. The van der Waals surface area contributed by atoms with E-state index >= 15 is 0 Å². The molecule has 0 aliphatic carbocycles. The zero-order valence-electron chi connectivity index (χ0n) is 9.90. The molecule has 0 amide bonds. The van der Waals surface area contributed by atoms with Crippen molar-refractivity contribution >= 4 is 37.8 Å². The summed E-state index contributed by atoms with van der Waals surface area (Å²) in [5.74, 6) is -0.885. The molecule has 1 atom stereocenters. The molecule has 1 unspecified atom stereocenters. The molecule has 1 heterocycles. The second kappa shape index (κ2) is 6.17. The number of aliphatic carboxylic acids is 1. The van der Waals surface area contributed by atoms with Gasteiger partial charge >= 0.3 is 5.97 Å². The Kier molecular flexibility index (Phi) is 4.81. The Morgan fingerprint density at radius 1 is 1.33 bits per heavy atom. The Balaban J connectivity index is 2.02. The van der Waals surface area contributed by atoms with E-state index in [0.717, 1.165) is 34.9 Å². The van der Waals surface area contributed by atoms with Crippen molar-refractivity contribution in [2.24, 2.45) is 5.92 Å². The monoisotopic (exact) mass is 375 g/mol. The lowest BCUT2D eigenvalue weighted by atomic mass is 9.98. The van der Waals surface area contributed by atoms with Crippen LogP contribution in [0.2, 0.25) is 0 Å². The highest BCUT2D eigenvalue weighted by atomic mass is 79.9. The molecule has 0 radical (unpaired) electrons. The first-order valence-corrected chi connectivity index (χ1v) is 7.53. The lowest BCUT2D eigenvalue weighted by Crippen LogP contribution is -2.38. The van der Waals surface area contributed by atoms with Crippen molar-refractivity contribution in [2.75, 3.05) is 13.1 Å². The van der Waals surface area contributed by atoms with Gasteiger partial charge in [-0.25, -0.2) is 0 Å². The Morgan fingerprint density at radius 2 is 2.00 bits per heavy atom. The van der Waals surface area contributed by atoms with Crippen LogP contribution in [0.1, 0.15) is 18.4 Å². The van der Waals surface area contributed by atoms with Gasteiger partial charge in [0.15, 0.2) is 0 Å². The third-order valence-corrected chi connectivity index (χ3v) is 4.10. The SMILES string of the molecule is O=C(O)C1CCCN(Cc2cc(Br)cc(Br)c2)C1. The average molecular weight is 377 g/mol. The quantitative estimate of drug-likeness (QED) is 0.877. The predicted octanol–water partition coefficient (Wildman–Crippen LogP) is 3.51. The minimum atomic E-state index is -0.671. The van der Waals surface area contributed by atoms with Crippen LogP contribution in [0.3, 0.4) is 0 Å². The van der Waals surface area contributed by atoms with Crippen LogP contribution in [0.4, 0.5) is 0 Å². The maximum Gasteiger partial charge on any atom is 0.307 e. The summed E-state index contributed by atoms with van der Waals surface area (Å²) in [5.41, 5.74) is 1.20. The van der Waals surface area contributed by atoms with Crippen molar-refractivity contribution in [3.05, 3.63) is 32.7 Å². The molecule has 1 fully saturated rings. The first kappa shape index (κ1) is 14.0. The number of carbonyl (C=O) groups is 1. The van der Waals surface area contributed by atoms with Crippen LogP contribution in [-0.4, -0.2) is 29.1 Å². The van der Waals surface area contributed by atoms with Crippen molar-refractivity contribution in [1.29, 1.82) is 0 Å². The lowest BCUT2D eigenvalue weighted by Gasteiger charge is -2.30. The van der Waals surface area contributed by atoms with E-state index in [1.54, 1.807) is 0 Å². The number of benzene rings is 1. The van der Waals surface area contributed by atoms with E-state index in [9.17, 15) is 4.79 Å². The number of carboxylic acid groups (broad SMARTS) is 1. The molecular formula is C13H15Br2NO2. The molecule has 1 aromatic carbocycles. The summed E-state index contributed by atoms with van der Waals surface area (Å²) >= 11 is 6.94.